The molecule has 0 aromatic heterocycles. The highest BCUT2D eigenvalue weighted by atomic mass is 28.1. The van der Waals surface area contributed by atoms with Gasteiger partial charge < -0.3 is 4.74 Å². The first-order valence-corrected chi connectivity index (χ1v) is 4.08. The predicted octanol–water partition coefficient (Wildman–Crippen LogP) is -0.409. The van der Waals surface area contributed by atoms with Gasteiger partial charge in [0.2, 0.25) is 0 Å². The number of hydrogen-bond donors (Lipinski definition) is 0. The smallest absolute Gasteiger partial charge is 0.324 e. The van der Waals surface area contributed by atoms with Crippen molar-refractivity contribution in [2.75, 3.05) is 0 Å². The van der Waals surface area contributed by atoms with Gasteiger partial charge >= 0.3 is 11.9 Å². The van der Waals surface area contributed by atoms with Crippen LogP contribution in [0.15, 0.2) is 12.2 Å². The van der Waals surface area contributed by atoms with Gasteiger partial charge in [-0.3, -0.25) is 9.59 Å². The Hall–Kier alpha value is -0.903. The molecule has 72 valence electrons. The van der Waals surface area contributed by atoms with Crippen molar-refractivity contribution < 1.29 is 14.3 Å². The van der Waals surface area contributed by atoms with Gasteiger partial charge in [0, 0.05) is 0 Å². The zero-order valence-corrected chi connectivity index (χ0v) is 6.87. The van der Waals surface area contributed by atoms with Crippen LogP contribution in [0.5, 0.6) is 0 Å². The summed E-state index contributed by atoms with van der Waals surface area (Å²) in [5, 5.41) is 0. The van der Waals surface area contributed by atoms with E-state index in [1.807, 2.05) is 6.08 Å². The van der Waals surface area contributed by atoms with E-state index >= 15 is 0 Å². The Bertz CT molecular complexity index is 285. The minimum absolute atomic E-state index is 0. The Morgan fingerprint density at radius 3 is 2.85 bits per heavy atom. The molecular formula is C9H14O3Si. The van der Waals surface area contributed by atoms with Crippen LogP contribution in [0.2, 0.25) is 0 Å². The van der Waals surface area contributed by atoms with Crippen molar-refractivity contribution in [2.24, 2.45) is 11.3 Å². The zero-order chi connectivity index (χ0) is 8.77. The monoisotopic (exact) mass is 198 g/mol. The standard InChI is InChI=1S/C9H10O3.H4Si/c1-9-5-3-2-4-6(9)7(10)12-8(9)11;/h3,5-6H,2,4H2,1H3;1H4. The summed E-state index contributed by atoms with van der Waals surface area (Å²) in [6.07, 6.45) is 5.34. The minimum atomic E-state index is -0.671. The zero-order valence-electron chi connectivity index (χ0n) is 6.87. The lowest BCUT2D eigenvalue weighted by atomic mass is 9.73. The first-order chi connectivity index (χ1) is 5.64. The highest BCUT2D eigenvalue weighted by Crippen LogP contribution is 2.42. The fourth-order valence-corrected chi connectivity index (χ4v) is 1.85. The molecule has 0 N–H and O–H groups in total. The van der Waals surface area contributed by atoms with Crippen LogP contribution in [0.3, 0.4) is 0 Å². The number of carbonyl (C=O) groups is 2. The summed E-state index contributed by atoms with van der Waals surface area (Å²) >= 11 is 0. The fourth-order valence-electron chi connectivity index (χ4n) is 1.85. The summed E-state index contributed by atoms with van der Waals surface area (Å²) in [5.74, 6) is -0.990. The number of cyclic esters (lactones) is 2. The molecule has 0 saturated carbocycles. The molecule has 2 rings (SSSR count). The van der Waals surface area contributed by atoms with Gasteiger partial charge in [0.1, 0.15) is 0 Å². The number of rotatable bonds is 0. The Labute approximate surface area is 81.2 Å². The number of allylic oxidation sites excluding steroid dienone is 1. The van der Waals surface area contributed by atoms with E-state index in [0.29, 0.717) is 0 Å². The molecule has 3 nitrogen and oxygen atoms in total. The SMILES string of the molecule is CC12C=CCCC1C(=O)OC2=O.[SiH4]. The molecule has 13 heavy (non-hydrogen) atoms. The maximum atomic E-state index is 11.2. The lowest BCUT2D eigenvalue weighted by Crippen LogP contribution is -2.30. The van der Waals surface area contributed by atoms with Gasteiger partial charge in [-0.05, 0) is 30.7 Å². The third-order valence-electron chi connectivity index (χ3n) is 2.73. The van der Waals surface area contributed by atoms with Crippen LogP contribution in [-0.4, -0.2) is 22.9 Å². The Morgan fingerprint density at radius 2 is 2.23 bits per heavy atom. The van der Waals surface area contributed by atoms with Crippen molar-refractivity contribution in [3.63, 3.8) is 0 Å². The summed E-state index contributed by atoms with van der Waals surface area (Å²) in [6.45, 7) is 1.76. The molecule has 1 saturated heterocycles. The second kappa shape index (κ2) is 3.10. The Kier molecular flexibility index (Phi) is 2.43. The van der Waals surface area contributed by atoms with Crippen molar-refractivity contribution in [1.82, 2.24) is 0 Å². The first-order valence-electron chi connectivity index (χ1n) is 4.08. The number of carbonyl (C=O) groups excluding carboxylic acids is 2. The highest BCUT2D eigenvalue weighted by Gasteiger charge is 2.53. The third kappa shape index (κ3) is 1.25. The minimum Gasteiger partial charge on any atom is -0.392 e. The summed E-state index contributed by atoms with van der Waals surface area (Å²) in [4.78, 5) is 22.4. The molecule has 0 spiro atoms. The van der Waals surface area contributed by atoms with E-state index in [-0.39, 0.29) is 22.9 Å². The van der Waals surface area contributed by atoms with Crippen LogP contribution in [-0.2, 0) is 14.3 Å². The molecule has 0 radical (unpaired) electrons. The molecule has 2 atom stereocenters. The van der Waals surface area contributed by atoms with Crippen LogP contribution in [0.1, 0.15) is 19.8 Å². The molecular weight excluding hydrogens is 184 g/mol. The van der Waals surface area contributed by atoms with E-state index in [1.54, 1.807) is 13.0 Å². The van der Waals surface area contributed by atoms with Gasteiger partial charge in [0.25, 0.3) is 0 Å². The summed E-state index contributed by atoms with van der Waals surface area (Å²) in [6, 6.07) is 0. The molecule has 0 aromatic rings. The number of esters is 2. The largest absolute Gasteiger partial charge is 0.392 e. The van der Waals surface area contributed by atoms with Crippen LogP contribution < -0.4 is 0 Å². The first kappa shape index (κ1) is 10.2. The average Bonchev–Trinajstić information content (AvgIpc) is 2.25. The molecule has 4 heteroatoms. The van der Waals surface area contributed by atoms with Crippen molar-refractivity contribution in [3.05, 3.63) is 12.2 Å². The van der Waals surface area contributed by atoms with E-state index < -0.39 is 11.4 Å². The topological polar surface area (TPSA) is 43.4 Å². The fraction of sp³-hybridized carbons (Fsp3) is 0.556. The number of ether oxygens (including phenoxy) is 1. The Morgan fingerprint density at radius 1 is 1.54 bits per heavy atom. The summed E-state index contributed by atoms with van der Waals surface area (Å²) < 4.78 is 4.58. The van der Waals surface area contributed by atoms with E-state index in [2.05, 4.69) is 4.74 Å². The van der Waals surface area contributed by atoms with Crippen LogP contribution in [0, 0.1) is 11.3 Å². The van der Waals surface area contributed by atoms with Crippen molar-refractivity contribution in [1.29, 1.82) is 0 Å². The lowest BCUT2D eigenvalue weighted by molar-refractivity contribution is -0.154. The van der Waals surface area contributed by atoms with Crippen molar-refractivity contribution in [3.8, 4) is 0 Å². The molecule has 0 bridgehead atoms. The highest BCUT2D eigenvalue weighted by molar-refractivity contribution is 6.00. The molecule has 1 aliphatic heterocycles. The molecule has 2 aliphatic rings. The second-order valence-corrected chi connectivity index (χ2v) is 3.52. The van der Waals surface area contributed by atoms with Crippen molar-refractivity contribution in [2.45, 2.75) is 19.8 Å². The predicted molar refractivity (Wildman–Crippen MR) is 52.4 cm³/mol. The maximum absolute atomic E-state index is 11.2. The molecule has 0 aromatic carbocycles. The quantitative estimate of drug-likeness (QED) is 0.230. The summed E-state index contributed by atoms with van der Waals surface area (Å²) in [5.41, 5.74) is -0.671. The molecule has 1 aliphatic carbocycles. The lowest BCUT2D eigenvalue weighted by Gasteiger charge is -2.24. The van der Waals surface area contributed by atoms with Gasteiger partial charge in [-0.1, -0.05) is 12.2 Å². The molecule has 1 fully saturated rings. The Balaban J connectivity index is 0.000000845. The third-order valence-corrected chi connectivity index (χ3v) is 2.73. The van der Waals surface area contributed by atoms with Crippen LogP contribution >= 0.6 is 0 Å². The number of hydrogen-bond acceptors (Lipinski definition) is 3. The maximum Gasteiger partial charge on any atom is 0.324 e. The average molecular weight is 198 g/mol. The van der Waals surface area contributed by atoms with Gasteiger partial charge in [-0.15, -0.1) is 0 Å². The van der Waals surface area contributed by atoms with E-state index in [9.17, 15) is 9.59 Å². The van der Waals surface area contributed by atoms with Crippen LogP contribution in [0.25, 0.3) is 0 Å². The van der Waals surface area contributed by atoms with Crippen molar-refractivity contribution >= 4 is 22.9 Å². The molecule has 1 heterocycles. The molecule has 2 unspecified atom stereocenters. The van der Waals surface area contributed by atoms with E-state index in [0.717, 1.165) is 12.8 Å². The van der Waals surface area contributed by atoms with E-state index in [1.165, 1.54) is 0 Å². The van der Waals surface area contributed by atoms with Gasteiger partial charge in [-0.2, -0.15) is 0 Å². The normalized spacial score (nSPS) is 36.5. The summed E-state index contributed by atoms with van der Waals surface area (Å²) in [7, 11) is 0. The van der Waals surface area contributed by atoms with Gasteiger partial charge in [-0.25, -0.2) is 0 Å². The van der Waals surface area contributed by atoms with Gasteiger partial charge in [0.15, 0.2) is 0 Å². The van der Waals surface area contributed by atoms with Gasteiger partial charge in [0.05, 0.1) is 11.3 Å². The second-order valence-electron chi connectivity index (χ2n) is 3.52. The molecule has 0 amide bonds. The van der Waals surface area contributed by atoms with Crippen LogP contribution in [0.4, 0.5) is 0 Å². The number of fused-ring (bicyclic) bond motifs is 1. The van der Waals surface area contributed by atoms with E-state index in [4.69, 9.17) is 0 Å².